The summed E-state index contributed by atoms with van der Waals surface area (Å²) >= 11 is 0. The van der Waals surface area contributed by atoms with E-state index >= 15 is 0 Å². The zero-order chi connectivity index (χ0) is 27.8. The zero-order valence-electron chi connectivity index (χ0n) is 21.9. The van der Waals surface area contributed by atoms with Crippen LogP contribution in [0.1, 0.15) is 11.5 Å². The fourth-order valence-corrected chi connectivity index (χ4v) is 5.58. The molecule has 0 saturated heterocycles. The summed E-state index contributed by atoms with van der Waals surface area (Å²) in [6, 6.07) is 0. The van der Waals surface area contributed by atoms with Gasteiger partial charge in [-0.15, -0.1) is 0 Å². The summed E-state index contributed by atoms with van der Waals surface area (Å²) < 4.78 is 5.90. The summed E-state index contributed by atoms with van der Waals surface area (Å²) in [5.74, 6) is 0.606. The number of rotatable bonds is 4. The fraction of sp³-hybridized carbons (Fsp3) is 0.111. The van der Waals surface area contributed by atoms with Crippen LogP contribution in [-0.4, -0.2) is 73.5 Å². The first kappa shape index (κ1) is 22.7. The molecule has 0 N–H and O–H groups in total. The monoisotopic (exact) mass is 551 g/mol. The van der Waals surface area contributed by atoms with Crippen molar-refractivity contribution in [3.05, 3.63) is 73.7 Å². The third-order valence-corrected chi connectivity index (χ3v) is 7.42. The molecule has 0 aromatic carbocycles. The molecule has 15 heteroatoms. The average Bonchev–Trinajstić information content (AvgIpc) is 3.63. The Morgan fingerprint density at radius 1 is 0.524 bits per heavy atom. The molecular weight excluding hydrogens is 534 g/mol. The topological polar surface area (TPSA) is 169 Å². The summed E-state index contributed by atoms with van der Waals surface area (Å²) in [5.41, 5.74) is 8.70. The Morgan fingerprint density at radius 2 is 1.26 bits per heavy atom. The smallest absolute Gasteiger partial charge is 0.163 e. The molecule has 0 bridgehead atoms. The Bertz CT molecular complexity index is 2450. The van der Waals surface area contributed by atoms with Crippen LogP contribution >= 0.6 is 0 Å². The van der Waals surface area contributed by atoms with Crippen molar-refractivity contribution in [3.8, 4) is 0 Å². The predicted molar refractivity (Wildman–Crippen MR) is 151 cm³/mol. The van der Waals surface area contributed by atoms with Gasteiger partial charge in [-0.2, -0.15) is 0 Å². The number of fused-ring (bicyclic) bond motifs is 9. The van der Waals surface area contributed by atoms with Crippen LogP contribution in [0.5, 0.6) is 0 Å². The van der Waals surface area contributed by atoms with Crippen LogP contribution in [0, 0.1) is 0 Å². The van der Waals surface area contributed by atoms with Gasteiger partial charge in [-0.25, -0.2) is 59.8 Å². The number of hydrogen-bond donors (Lipinski definition) is 0. The molecule has 0 aliphatic heterocycles. The molecule has 0 aliphatic rings. The molecule has 200 valence electrons. The Hall–Kier alpha value is -6.12. The molecule has 0 amide bonds. The maximum absolute atomic E-state index is 5.00. The van der Waals surface area contributed by atoms with E-state index < -0.39 is 0 Å². The molecule has 9 aromatic rings. The molecule has 0 aliphatic carbocycles. The van der Waals surface area contributed by atoms with Gasteiger partial charge >= 0.3 is 0 Å². The van der Waals surface area contributed by atoms with E-state index in [1.165, 1.54) is 12.7 Å². The standard InChI is InChI=1S/C27H17N15/c1-40-16-9-34-18(39-19(16)15-7-28-13-37-24(15)40)11-41-17-8-29-12-36-20(17)23-27(41)35-6-14(38-23)10-42-25-21(30-2-4-32-25)22-26(42)33-5-3-31-22/h2-9,12-13H,10-11H2,1H3. The van der Waals surface area contributed by atoms with Crippen molar-refractivity contribution in [2.45, 2.75) is 13.1 Å². The van der Waals surface area contributed by atoms with Gasteiger partial charge in [0.2, 0.25) is 0 Å². The number of aromatic nitrogens is 15. The van der Waals surface area contributed by atoms with Crippen LogP contribution in [0.4, 0.5) is 0 Å². The highest BCUT2D eigenvalue weighted by molar-refractivity contribution is 6.04. The van der Waals surface area contributed by atoms with Gasteiger partial charge in [0.15, 0.2) is 16.9 Å². The lowest BCUT2D eigenvalue weighted by molar-refractivity contribution is 0.783. The maximum atomic E-state index is 5.00. The first-order chi connectivity index (χ1) is 20.7. The van der Waals surface area contributed by atoms with Gasteiger partial charge in [0, 0.05) is 38.0 Å². The van der Waals surface area contributed by atoms with Crippen molar-refractivity contribution in [2.75, 3.05) is 0 Å². The zero-order valence-corrected chi connectivity index (χ0v) is 21.9. The molecular formula is C27H17N15. The first-order valence-corrected chi connectivity index (χ1v) is 13.0. The summed E-state index contributed by atoms with van der Waals surface area (Å²) in [6.07, 6.45) is 16.7. The van der Waals surface area contributed by atoms with E-state index in [4.69, 9.17) is 15.0 Å². The van der Waals surface area contributed by atoms with Gasteiger partial charge in [-0.3, -0.25) is 0 Å². The van der Waals surface area contributed by atoms with E-state index in [1.807, 2.05) is 26.9 Å². The highest BCUT2D eigenvalue weighted by Gasteiger charge is 2.20. The highest BCUT2D eigenvalue weighted by atomic mass is 15.2. The molecule has 0 saturated carbocycles. The highest BCUT2D eigenvalue weighted by Crippen LogP contribution is 2.28. The van der Waals surface area contributed by atoms with Gasteiger partial charge < -0.3 is 13.7 Å². The van der Waals surface area contributed by atoms with Crippen molar-refractivity contribution in [1.82, 2.24) is 73.5 Å². The molecule has 9 aromatic heterocycles. The fourth-order valence-electron chi connectivity index (χ4n) is 5.58. The number of hydrogen-bond acceptors (Lipinski definition) is 12. The molecule has 0 radical (unpaired) electrons. The molecule has 0 unspecified atom stereocenters. The molecule has 9 rings (SSSR count). The van der Waals surface area contributed by atoms with Crippen molar-refractivity contribution < 1.29 is 0 Å². The molecule has 0 spiro atoms. The van der Waals surface area contributed by atoms with Gasteiger partial charge in [-0.05, 0) is 0 Å². The molecule has 15 nitrogen and oxygen atoms in total. The van der Waals surface area contributed by atoms with Crippen molar-refractivity contribution >= 4 is 66.6 Å². The quantitative estimate of drug-likeness (QED) is 0.313. The van der Waals surface area contributed by atoms with Crippen LogP contribution < -0.4 is 0 Å². The second-order valence-corrected chi connectivity index (χ2v) is 9.76. The van der Waals surface area contributed by atoms with E-state index in [1.54, 1.807) is 43.4 Å². The summed E-state index contributed by atoms with van der Waals surface area (Å²) in [5, 5.41) is 0.869. The van der Waals surface area contributed by atoms with E-state index in [9.17, 15) is 0 Å². The third-order valence-electron chi connectivity index (χ3n) is 7.42. The third kappa shape index (κ3) is 3.15. The Kier molecular flexibility index (Phi) is 4.56. The second kappa shape index (κ2) is 8.44. The summed E-state index contributed by atoms with van der Waals surface area (Å²) in [7, 11) is 1.94. The summed E-state index contributed by atoms with van der Waals surface area (Å²) in [6.45, 7) is 0.723. The van der Waals surface area contributed by atoms with Gasteiger partial charge in [0.05, 0.1) is 53.8 Å². The van der Waals surface area contributed by atoms with Gasteiger partial charge in [0.25, 0.3) is 0 Å². The lowest BCUT2D eigenvalue weighted by Gasteiger charge is -2.07. The Labute approximate surface area is 234 Å². The van der Waals surface area contributed by atoms with Gasteiger partial charge in [0.1, 0.15) is 51.7 Å². The summed E-state index contributed by atoms with van der Waals surface area (Å²) in [4.78, 5) is 54.9. The predicted octanol–water partition coefficient (Wildman–Crippen LogP) is 2.38. The number of nitrogens with zero attached hydrogens (tertiary/aromatic N) is 15. The first-order valence-electron chi connectivity index (χ1n) is 13.0. The van der Waals surface area contributed by atoms with Crippen LogP contribution in [0.3, 0.4) is 0 Å². The van der Waals surface area contributed by atoms with Crippen molar-refractivity contribution in [1.29, 1.82) is 0 Å². The van der Waals surface area contributed by atoms with Gasteiger partial charge in [-0.1, -0.05) is 0 Å². The maximum Gasteiger partial charge on any atom is 0.163 e. The van der Waals surface area contributed by atoms with E-state index in [2.05, 4.69) is 44.9 Å². The molecule has 0 fully saturated rings. The lowest BCUT2D eigenvalue weighted by Crippen LogP contribution is -2.07. The van der Waals surface area contributed by atoms with Crippen molar-refractivity contribution in [3.63, 3.8) is 0 Å². The van der Waals surface area contributed by atoms with E-state index in [0.29, 0.717) is 63.6 Å². The minimum Gasteiger partial charge on any atom is -0.326 e. The Balaban J connectivity index is 1.17. The second-order valence-electron chi connectivity index (χ2n) is 9.76. The van der Waals surface area contributed by atoms with Crippen LogP contribution in [-0.2, 0) is 20.1 Å². The van der Waals surface area contributed by atoms with Crippen LogP contribution in [0.2, 0.25) is 0 Å². The van der Waals surface area contributed by atoms with E-state index in [0.717, 1.165) is 27.6 Å². The molecule has 42 heavy (non-hydrogen) atoms. The SMILES string of the molecule is Cn1c2cnc(Cn3c4cncnc4c4nc(Cn5c6nccnc6c6nccnc65)cnc43)nc2c2cncnc21. The van der Waals surface area contributed by atoms with Crippen molar-refractivity contribution in [2.24, 2.45) is 7.05 Å². The lowest BCUT2D eigenvalue weighted by atomic mass is 10.3. The average molecular weight is 552 g/mol. The van der Waals surface area contributed by atoms with Crippen LogP contribution in [0.15, 0.2) is 62.2 Å². The number of aryl methyl sites for hydroxylation is 1. The minimum atomic E-state index is 0.347. The van der Waals surface area contributed by atoms with Crippen LogP contribution in [0.25, 0.3) is 66.6 Å². The minimum absolute atomic E-state index is 0.347. The largest absolute Gasteiger partial charge is 0.326 e. The molecule has 0 atom stereocenters. The molecule has 9 heterocycles. The van der Waals surface area contributed by atoms with E-state index in [-0.39, 0.29) is 0 Å². The normalized spacial score (nSPS) is 12.1. The Morgan fingerprint density at radius 3 is 2.10 bits per heavy atom.